The molecular formula is C13H16N2O2S2. The summed E-state index contributed by atoms with van der Waals surface area (Å²) in [5, 5.41) is 7.57. The van der Waals surface area contributed by atoms with E-state index in [1.54, 1.807) is 11.8 Å². The minimum absolute atomic E-state index is 0.158. The number of rotatable bonds is 1. The molecule has 1 amide bonds. The molecule has 0 aromatic rings. The largest absolute Gasteiger partial charge is 0.441 e. The average molecular weight is 296 g/mol. The van der Waals surface area contributed by atoms with E-state index in [9.17, 15) is 4.79 Å². The normalized spacial score (nSPS) is 35.7. The number of ether oxygens (including phenoxy) is 1. The molecule has 2 saturated heterocycles. The van der Waals surface area contributed by atoms with E-state index in [0.717, 1.165) is 37.5 Å². The van der Waals surface area contributed by atoms with Gasteiger partial charge in [-0.15, -0.1) is 11.8 Å². The highest BCUT2D eigenvalue weighted by molar-refractivity contribution is 8.08. The summed E-state index contributed by atoms with van der Waals surface area (Å²) in [6, 6.07) is 0. The quantitative estimate of drug-likeness (QED) is 0.803. The van der Waals surface area contributed by atoms with Gasteiger partial charge in [-0.3, -0.25) is 4.90 Å². The summed E-state index contributed by atoms with van der Waals surface area (Å²) < 4.78 is 5.70. The van der Waals surface area contributed by atoms with Crippen molar-refractivity contribution >= 4 is 29.6 Å². The Morgan fingerprint density at radius 3 is 3.00 bits per heavy atom. The van der Waals surface area contributed by atoms with Crippen LogP contribution in [-0.4, -0.2) is 46.7 Å². The molecule has 0 aliphatic carbocycles. The lowest BCUT2D eigenvalue weighted by Crippen LogP contribution is -2.44. The van der Waals surface area contributed by atoms with Gasteiger partial charge in [0.05, 0.1) is 11.6 Å². The molecule has 19 heavy (non-hydrogen) atoms. The smallest absolute Gasteiger partial charge is 0.415 e. The van der Waals surface area contributed by atoms with Crippen LogP contribution in [0.3, 0.4) is 0 Å². The van der Waals surface area contributed by atoms with Gasteiger partial charge >= 0.3 is 6.09 Å². The molecule has 102 valence electrons. The SMILES string of the molecule is O=C1OC2(CCNCC2)CN1C1=CC2SC=CC2S1. The number of nitrogens with zero attached hydrogens (tertiary/aromatic N) is 1. The van der Waals surface area contributed by atoms with Gasteiger partial charge in [0.2, 0.25) is 0 Å². The van der Waals surface area contributed by atoms with Crippen LogP contribution in [-0.2, 0) is 4.74 Å². The lowest BCUT2D eigenvalue weighted by atomic mass is 9.92. The molecule has 0 aromatic heterocycles. The molecule has 0 saturated carbocycles. The van der Waals surface area contributed by atoms with Gasteiger partial charge in [0.1, 0.15) is 5.60 Å². The van der Waals surface area contributed by atoms with E-state index in [0.29, 0.717) is 10.5 Å². The zero-order valence-electron chi connectivity index (χ0n) is 10.5. The zero-order valence-corrected chi connectivity index (χ0v) is 12.1. The third-order valence-corrected chi connectivity index (χ3v) is 6.69. The molecule has 2 unspecified atom stereocenters. The number of carbonyl (C=O) groups is 1. The van der Waals surface area contributed by atoms with Crippen molar-refractivity contribution in [2.45, 2.75) is 28.9 Å². The Bertz CT molecular complexity index is 471. The standard InChI is InChI=1S/C13H16N2O2S2/c16-12-15(8-13(17-12)2-4-14-5-3-13)11-7-10-9(19-11)1-6-18-10/h1,6-7,9-10,14H,2-5,8H2. The molecule has 0 radical (unpaired) electrons. The van der Waals surface area contributed by atoms with Crippen LogP contribution in [0, 0.1) is 0 Å². The van der Waals surface area contributed by atoms with E-state index in [4.69, 9.17) is 4.74 Å². The number of fused-ring (bicyclic) bond motifs is 1. The Balaban J connectivity index is 1.52. The third kappa shape index (κ3) is 2.00. The molecule has 4 aliphatic heterocycles. The maximum Gasteiger partial charge on any atom is 0.415 e. The fraction of sp³-hybridized carbons (Fsp3) is 0.615. The minimum Gasteiger partial charge on any atom is -0.441 e. The Morgan fingerprint density at radius 2 is 2.21 bits per heavy atom. The molecule has 4 nitrogen and oxygen atoms in total. The molecule has 2 fully saturated rings. The van der Waals surface area contributed by atoms with E-state index < -0.39 is 0 Å². The Labute approximate surface area is 121 Å². The highest BCUT2D eigenvalue weighted by atomic mass is 32.2. The predicted octanol–water partition coefficient (Wildman–Crippen LogP) is 2.15. The molecule has 1 N–H and O–H groups in total. The van der Waals surface area contributed by atoms with Crippen LogP contribution in [0.15, 0.2) is 22.6 Å². The topological polar surface area (TPSA) is 41.6 Å². The first-order valence-electron chi connectivity index (χ1n) is 6.68. The van der Waals surface area contributed by atoms with Crippen molar-refractivity contribution in [2.75, 3.05) is 19.6 Å². The predicted molar refractivity (Wildman–Crippen MR) is 78.0 cm³/mol. The molecule has 2 atom stereocenters. The summed E-state index contributed by atoms with van der Waals surface area (Å²) in [6.45, 7) is 2.61. The maximum atomic E-state index is 12.2. The van der Waals surface area contributed by atoms with Crippen molar-refractivity contribution in [1.29, 1.82) is 0 Å². The van der Waals surface area contributed by atoms with Gasteiger partial charge in [0, 0.05) is 23.3 Å². The number of hydrogen-bond donors (Lipinski definition) is 1. The van der Waals surface area contributed by atoms with E-state index in [-0.39, 0.29) is 11.7 Å². The molecule has 4 heterocycles. The zero-order chi connectivity index (χ0) is 12.9. The van der Waals surface area contributed by atoms with Gasteiger partial charge in [0.15, 0.2) is 0 Å². The van der Waals surface area contributed by atoms with Crippen LogP contribution in [0.25, 0.3) is 0 Å². The highest BCUT2D eigenvalue weighted by Crippen LogP contribution is 2.47. The van der Waals surface area contributed by atoms with Crippen LogP contribution >= 0.6 is 23.5 Å². The van der Waals surface area contributed by atoms with Crippen molar-refractivity contribution in [3.8, 4) is 0 Å². The Morgan fingerprint density at radius 1 is 1.37 bits per heavy atom. The first-order valence-corrected chi connectivity index (χ1v) is 8.50. The van der Waals surface area contributed by atoms with E-state index in [1.807, 2.05) is 16.7 Å². The molecule has 0 bridgehead atoms. The van der Waals surface area contributed by atoms with Gasteiger partial charge in [0.25, 0.3) is 0 Å². The Kier molecular flexibility index (Phi) is 2.86. The van der Waals surface area contributed by atoms with E-state index in [2.05, 4.69) is 22.9 Å². The van der Waals surface area contributed by atoms with Crippen LogP contribution in [0.1, 0.15) is 12.8 Å². The van der Waals surface area contributed by atoms with Gasteiger partial charge in [-0.1, -0.05) is 17.8 Å². The van der Waals surface area contributed by atoms with Crippen LogP contribution in [0.4, 0.5) is 4.79 Å². The lowest BCUT2D eigenvalue weighted by Gasteiger charge is -2.31. The van der Waals surface area contributed by atoms with Crippen LogP contribution in [0.2, 0.25) is 0 Å². The van der Waals surface area contributed by atoms with Crippen molar-refractivity contribution in [1.82, 2.24) is 10.2 Å². The van der Waals surface area contributed by atoms with Crippen molar-refractivity contribution < 1.29 is 9.53 Å². The van der Waals surface area contributed by atoms with Gasteiger partial charge in [-0.25, -0.2) is 4.79 Å². The Hall–Kier alpha value is -0.590. The molecule has 0 aromatic carbocycles. The number of piperidine rings is 1. The first kappa shape index (κ1) is 12.2. The van der Waals surface area contributed by atoms with Gasteiger partial charge < -0.3 is 10.1 Å². The molecular weight excluding hydrogens is 280 g/mol. The van der Waals surface area contributed by atoms with Crippen LogP contribution < -0.4 is 5.32 Å². The third-order valence-electron chi connectivity index (χ3n) is 4.14. The number of carbonyl (C=O) groups excluding carboxylic acids is 1. The average Bonchev–Trinajstić information content (AvgIpc) is 3.03. The van der Waals surface area contributed by atoms with E-state index in [1.165, 1.54) is 0 Å². The second kappa shape index (κ2) is 4.46. The summed E-state index contributed by atoms with van der Waals surface area (Å²) in [6.07, 6.45) is 6.14. The minimum atomic E-state index is -0.246. The van der Waals surface area contributed by atoms with Crippen molar-refractivity contribution in [3.05, 3.63) is 22.6 Å². The van der Waals surface area contributed by atoms with E-state index >= 15 is 0 Å². The molecule has 6 heteroatoms. The monoisotopic (exact) mass is 296 g/mol. The first-order chi connectivity index (χ1) is 9.26. The fourth-order valence-electron chi connectivity index (χ4n) is 3.05. The van der Waals surface area contributed by atoms with Gasteiger partial charge in [-0.2, -0.15) is 0 Å². The second-order valence-electron chi connectivity index (χ2n) is 5.40. The van der Waals surface area contributed by atoms with Crippen molar-refractivity contribution in [2.24, 2.45) is 0 Å². The number of nitrogens with one attached hydrogen (secondary N) is 1. The summed E-state index contributed by atoms with van der Waals surface area (Å²) in [4.78, 5) is 14.0. The highest BCUT2D eigenvalue weighted by Gasteiger charge is 2.48. The number of amides is 1. The second-order valence-corrected chi connectivity index (χ2v) is 7.69. The molecule has 4 aliphatic rings. The summed E-state index contributed by atoms with van der Waals surface area (Å²) >= 11 is 3.63. The van der Waals surface area contributed by atoms with Gasteiger partial charge in [-0.05, 0) is 24.6 Å². The molecule has 1 spiro atoms. The maximum absolute atomic E-state index is 12.2. The van der Waals surface area contributed by atoms with Crippen molar-refractivity contribution in [3.63, 3.8) is 0 Å². The summed E-state index contributed by atoms with van der Waals surface area (Å²) in [7, 11) is 0. The number of hydrogen-bond acceptors (Lipinski definition) is 5. The van der Waals surface area contributed by atoms with Crippen LogP contribution in [0.5, 0.6) is 0 Å². The molecule has 4 rings (SSSR count). The fourth-order valence-corrected chi connectivity index (χ4v) is 5.63. The summed E-state index contributed by atoms with van der Waals surface area (Å²) in [5.41, 5.74) is -0.246. The lowest BCUT2D eigenvalue weighted by molar-refractivity contribution is 0.0316. The number of thioether (sulfide) groups is 2. The summed E-state index contributed by atoms with van der Waals surface area (Å²) in [5.74, 6) is 0.